The van der Waals surface area contributed by atoms with Crippen LogP contribution in [-0.4, -0.2) is 0 Å². The minimum atomic E-state index is 0.736. The van der Waals surface area contributed by atoms with E-state index in [1.165, 1.54) is 83.5 Å². The number of hydrogen-bond acceptors (Lipinski definition) is 0. The van der Waals surface area contributed by atoms with Crippen LogP contribution in [0.1, 0.15) is 96.0 Å². The van der Waals surface area contributed by atoms with Gasteiger partial charge in [0.2, 0.25) is 0 Å². The van der Waals surface area contributed by atoms with E-state index < -0.39 is 0 Å². The average molecular weight is 411 g/mol. The van der Waals surface area contributed by atoms with E-state index in [4.69, 9.17) is 11.6 Å². The molecule has 0 saturated heterocycles. The van der Waals surface area contributed by atoms with Crippen molar-refractivity contribution in [1.82, 2.24) is 0 Å². The molecule has 0 heterocycles. The summed E-state index contributed by atoms with van der Waals surface area (Å²) >= 11 is 5.91. The number of halogens is 1. The molecule has 1 aromatic carbocycles. The monoisotopic (exact) mass is 410 g/mol. The van der Waals surface area contributed by atoms with Crippen molar-refractivity contribution in [3.05, 3.63) is 47.0 Å². The highest BCUT2D eigenvalue weighted by Gasteiger charge is 2.23. The molecule has 0 bridgehead atoms. The lowest BCUT2D eigenvalue weighted by Gasteiger charge is -2.31. The van der Waals surface area contributed by atoms with Gasteiger partial charge in [-0.1, -0.05) is 94.2 Å². The molecule has 0 amide bonds. The lowest BCUT2D eigenvalue weighted by Crippen LogP contribution is -2.17. The molecule has 2 aliphatic carbocycles. The van der Waals surface area contributed by atoms with Gasteiger partial charge in [-0.3, -0.25) is 0 Å². The summed E-state index contributed by atoms with van der Waals surface area (Å²) < 4.78 is 0. The van der Waals surface area contributed by atoms with Crippen LogP contribution in [0.5, 0.6) is 0 Å². The Morgan fingerprint density at radius 1 is 0.828 bits per heavy atom. The Balaban J connectivity index is 1.29. The minimum absolute atomic E-state index is 0.736. The maximum absolute atomic E-state index is 5.91. The van der Waals surface area contributed by atoms with E-state index in [0.717, 1.165) is 34.3 Å². The SMILES string of the molecule is CCCCC1CCC(CCC2CCC(C=CC#Cc3ccc(Cl)cc3)CC2)CC1. The second-order valence-electron chi connectivity index (χ2n) is 9.52. The van der Waals surface area contributed by atoms with E-state index in [1.807, 2.05) is 24.3 Å². The summed E-state index contributed by atoms with van der Waals surface area (Å²) in [4.78, 5) is 0. The topological polar surface area (TPSA) is 0 Å². The van der Waals surface area contributed by atoms with Crippen LogP contribution in [0.25, 0.3) is 0 Å². The quantitative estimate of drug-likeness (QED) is 0.393. The number of hydrogen-bond donors (Lipinski definition) is 0. The maximum Gasteiger partial charge on any atom is 0.0406 e. The van der Waals surface area contributed by atoms with Gasteiger partial charge in [0, 0.05) is 10.6 Å². The van der Waals surface area contributed by atoms with Gasteiger partial charge in [0.1, 0.15) is 0 Å². The van der Waals surface area contributed by atoms with Crippen LogP contribution in [0.4, 0.5) is 0 Å². The fraction of sp³-hybridized carbons (Fsp3) is 0.643. The molecule has 0 aliphatic heterocycles. The van der Waals surface area contributed by atoms with Crippen molar-refractivity contribution in [2.24, 2.45) is 23.7 Å². The third-order valence-corrected chi connectivity index (χ3v) is 7.57. The molecule has 2 saturated carbocycles. The van der Waals surface area contributed by atoms with Crippen molar-refractivity contribution in [2.45, 2.75) is 90.4 Å². The smallest absolute Gasteiger partial charge is 0.0406 e. The van der Waals surface area contributed by atoms with E-state index in [9.17, 15) is 0 Å². The summed E-state index contributed by atoms with van der Waals surface area (Å²) in [5.41, 5.74) is 1.03. The van der Waals surface area contributed by atoms with Gasteiger partial charge in [-0.2, -0.15) is 0 Å². The van der Waals surface area contributed by atoms with Crippen LogP contribution >= 0.6 is 11.6 Å². The molecule has 158 valence electrons. The Morgan fingerprint density at radius 3 is 1.97 bits per heavy atom. The molecule has 2 aliphatic rings. The molecule has 0 spiro atoms. The highest BCUT2D eigenvalue weighted by molar-refractivity contribution is 6.30. The first kappa shape index (κ1) is 22.5. The van der Waals surface area contributed by atoms with Crippen molar-refractivity contribution in [2.75, 3.05) is 0 Å². The van der Waals surface area contributed by atoms with Gasteiger partial charge in [-0.05, 0) is 79.7 Å². The van der Waals surface area contributed by atoms with Gasteiger partial charge < -0.3 is 0 Å². The van der Waals surface area contributed by atoms with Crippen LogP contribution in [-0.2, 0) is 0 Å². The van der Waals surface area contributed by atoms with Gasteiger partial charge in [0.05, 0.1) is 0 Å². The standard InChI is InChI=1S/C28H39Cl/c1-2-3-6-23-9-13-26(14-10-23)17-18-27-15-11-24(12-16-27)7-4-5-8-25-19-21-28(29)22-20-25/h4,7,19-24,26-27H,2-3,6,9-18H2,1H3. The zero-order chi connectivity index (χ0) is 20.3. The van der Waals surface area contributed by atoms with Crippen LogP contribution in [0.15, 0.2) is 36.4 Å². The summed E-state index contributed by atoms with van der Waals surface area (Å²) in [6.07, 6.45) is 23.3. The highest BCUT2D eigenvalue weighted by atomic mass is 35.5. The van der Waals surface area contributed by atoms with Crippen molar-refractivity contribution < 1.29 is 0 Å². The fourth-order valence-corrected chi connectivity index (χ4v) is 5.41. The molecule has 1 aromatic rings. The first-order valence-corrected chi connectivity index (χ1v) is 12.5. The molecule has 3 rings (SSSR count). The number of rotatable bonds is 7. The van der Waals surface area contributed by atoms with Gasteiger partial charge in [-0.25, -0.2) is 0 Å². The summed E-state index contributed by atoms with van der Waals surface area (Å²) in [6.45, 7) is 2.32. The number of benzene rings is 1. The third kappa shape index (κ3) is 8.22. The normalized spacial score (nSPS) is 27.5. The van der Waals surface area contributed by atoms with E-state index >= 15 is 0 Å². The molecule has 0 atom stereocenters. The molecule has 0 unspecified atom stereocenters. The van der Waals surface area contributed by atoms with Gasteiger partial charge >= 0.3 is 0 Å². The summed E-state index contributed by atoms with van der Waals surface area (Å²) in [7, 11) is 0. The maximum atomic E-state index is 5.91. The minimum Gasteiger partial charge on any atom is -0.0843 e. The molecule has 0 radical (unpaired) electrons. The first-order chi connectivity index (χ1) is 14.2. The summed E-state index contributed by atoms with van der Waals surface area (Å²) in [6, 6.07) is 7.75. The van der Waals surface area contributed by atoms with Crippen molar-refractivity contribution >= 4 is 11.6 Å². The molecule has 1 heteroatoms. The van der Waals surface area contributed by atoms with Crippen LogP contribution in [0, 0.1) is 35.5 Å². The van der Waals surface area contributed by atoms with E-state index in [1.54, 1.807) is 0 Å². The van der Waals surface area contributed by atoms with Gasteiger partial charge in [0.15, 0.2) is 0 Å². The molecule has 0 nitrogen and oxygen atoms in total. The van der Waals surface area contributed by atoms with Crippen LogP contribution in [0.2, 0.25) is 5.02 Å². The van der Waals surface area contributed by atoms with Gasteiger partial charge in [0.25, 0.3) is 0 Å². The Morgan fingerprint density at radius 2 is 1.38 bits per heavy atom. The molecular formula is C28H39Cl. The van der Waals surface area contributed by atoms with Crippen molar-refractivity contribution in [3.8, 4) is 11.8 Å². The van der Waals surface area contributed by atoms with Crippen LogP contribution in [0.3, 0.4) is 0 Å². The largest absolute Gasteiger partial charge is 0.0843 e. The molecular weight excluding hydrogens is 372 g/mol. The van der Waals surface area contributed by atoms with E-state index in [0.29, 0.717) is 0 Å². The Labute approximate surface area is 184 Å². The third-order valence-electron chi connectivity index (χ3n) is 7.32. The Kier molecular flexibility index (Phi) is 9.69. The van der Waals surface area contributed by atoms with Gasteiger partial charge in [-0.15, -0.1) is 0 Å². The van der Waals surface area contributed by atoms with E-state index in [2.05, 4.69) is 30.9 Å². The lowest BCUT2D eigenvalue weighted by molar-refractivity contribution is 0.220. The number of allylic oxidation sites excluding steroid dienone is 2. The van der Waals surface area contributed by atoms with Crippen molar-refractivity contribution in [1.29, 1.82) is 0 Å². The van der Waals surface area contributed by atoms with Crippen LogP contribution < -0.4 is 0 Å². The highest BCUT2D eigenvalue weighted by Crippen LogP contribution is 2.37. The fourth-order valence-electron chi connectivity index (χ4n) is 5.28. The molecule has 29 heavy (non-hydrogen) atoms. The second kappa shape index (κ2) is 12.5. The van der Waals surface area contributed by atoms with E-state index in [-0.39, 0.29) is 0 Å². The summed E-state index contributed by atoms with van der Waals surface area (Å²) in [5, 5.41) is 0.766. The lowest BCUT2D eigenvalue weighted by atomic mass is 9.75. The Hall–Kier alpha value is -1.19. The Bertz CT molecular complexity index is 659. The molecule has 0 aromatic heterocycles. The zero-order valence-electron chi connectivity index (χ0n) is 18.3. The summed E-state index contributed by atoms with van der Waals surface area (Å²) in [5.74, 6) is 10.2. The average Bonchev–Trinajstić information content (AvgIpc) is 2.76. The predicted molar refractivity (Wildman–Crippen MR) is 127 cm³/mol. The van der Waals surface area contributed by atoms with Crippen molar-refractivity contribution in [3.63, 3.8) is 0 Å². The molecule has 0 N–H and O–H groups in total. The number of unbranched alkanes of at least 4 members (excludes halogenated alkanes) is 1. The predicted octanol–water partition coefficient (Wildman–Crippen LogP) is 8.83. The zero-order valence-corrected chi connectivity index (χ0v) is 19.1. The molecule has 2 fully saturated rings. The first-order valence-electron chi connectivity index (χ1n) is 12.2. The second-order valence-corrected chi connectivity index (χ2v) is 9.96.